The highest BCUT2D eigenvalue weighted by atomic mass is 127. The molecule has 21 heavy (non-hydrogen) atoms. The number of hydrogen-bond donors (Lipinski definition) is 2. The van der Waals surface area contributed by atoms with Gasteiger partial charge in [0.05, 0.1) is 12.1 Å². The van der Waals surface area contributed by atoms with E-state index in [2.05, 4.69) is 36.0 Å². The minimum atomic E-state index is -0.686. The number of aliphatic hydroxyl groups is 1. The lowest BCUT2D eigenvalue weighted by molar-refractivity contribution is -0.0566. The Morgan fingerprint density at radius 3 is 2.48 bits per heavy atom. The highest BCUT2D eigenvalue weighted by molar-refractivity contribution is 14.0. The molecule has 0 aliphatic carbocycles. The van der Waals surface area contributed by atoms with Gasteiger partial charge in [-0.2, -0.15) is 0 Å². The molecule has 2 fully saturated rings. The van der Waals surface area contributed by atoms with Gasteiger partial charge in [0, 0.05) is 45.7 Å². The molecule has 0 radical (unpaired) electrons. The Labute approximate surface area is 145 Å². The fraction of sp³-hybridized carbons (Fsp3) is 0.933. The number of nitrogens with zero attached hydrogens (tertiary/aromatic N) is 2. The summed E-state index contributed by atoms with van der Waals surface area (Å²) >= 11 is 0. The molecule has 6 heteroatoms. The molecule has 2 aliphatic heterocycles. The average Bonchev–Trinajstić information content (AvgIpc) is 2.76. The fourth-order valence-electron chi connectivity index (χ4n) is 2.85. The molecule has 0 aromatic heterocycles. The van der Waals surface area contributed by atoms with E-state index in [0.717, 1.165) is 25.6 Å². The van der Waals surface area contributed by atoms with Gasteiger partial charge in [-0.25, -0.2) is 0 Å². The molecule has 0 spiro atoms. The van der Waals surface area contributed by atoms with Crippen molar-refractivity contribution in [1.29, 1.82) is 0 Å². The highest BCUT2D eigenvalue weighted by Gasteiger charge is 2.33. The minimum absolute atomic E-state index is 0. The maximum Gasteiger partial charge on any atom is 0.194 e. The van der Waals surface area contributed by atoms with E-state index in [1.165, 1.54) is 6.42 Å². The molecule has 2 N–H and O–H groups in total. The molecule has 124 valence electrons. The molecule has 0 unspecified atom stereocenters. The van der Waals surface area contributed by atoms with E-state index in [9.17, 15) is 5.11 Å². The van der Waals surface area contributed by atoms with Gasteiger partial charge in [0.1, 0.15) is 0 Å². The van der Waals surface area contributed by atoms with E-state index in [0.29, 0.717) is 38.0 Å². The van der Waals surface area contributed by atoms with Gasteiger partial charge in [-0.05, 0) is 18.8 Å². The second-order valence-corrected chi connectivity index (χ2v) is 6.84. The maximum absolute atomic E-state index is 10.5. The predicted octanol–water partition coefficient (Wildman–Crippen LogP) is 1.84. The first-order valence-corrected chi connectivity index (χ1v) is 7.78. The third-order valence-corrected chi connectivity index (χ3v) is 4.26. The van der Waals surface area contributed by atoms with Gasteiger partial charge < -0.3 is 20.1 Å². The van der Waals surface area contributed by atoms with Crippen LogP contribution in [0.3, 0.4) is 0 Å². The van der Waals surface area contributed by atoms with Crippen molar-refractivity contribution in [2.75, 3.05) is 39.4 Å². The van der Waals surface area contributed by atoms with Crippen molar-refractivity contribution >= 4 is 29.9 Å². The third-order valence-electron chi connectivity index (χ3n) is 4.26. The molecule has 0 atom stereocenters. The minimum Gasteiger partial charge on any atom is -0.388 e. The Hall–Kier alpha value is -0.0800. The van der Waals surface area contributed by atoms with Crippen LogP contribution in [0, 0.1) is 5.41 Å². The summed E-state index contributed by atoms with van der Waals surface area (Å²) in [5.41, 5.74) is -0.333. The summed E-state index contributed by atoms with van der Waals surface area (Å²) in [5.74, 6) is 0.943. The molecule has 0 bridgehead atoms. The zero-order valence-corrected chi connectivity index (χ0v) is 15.9. The van der Waals surface area contributed by atoms with E-state index in [1.54, 1.807) is 0 Å². The lowest BCUT2D eigenvalue weighted by Crippen LogP contribution is -2.44. The van der Waals surface area contributed by atoms with Crippen molar-refractivity contribution in [1.82, 2.24) is 10.2 Å². The normalized spacial score (nSPS) is 24.6. The summed E-state index contributed by atoms with van der Waals surface area (Å²) < 4.78 is 5.31. The number of hydrogen-bond acceptors (Lipinski definition) is 3. The standard InChI is InChI=1S/C15H29N3O2.HI/c1-4-16-13(18-8-5-14(2,3)12-18)17-11-15(19)6-9-20-10-7-15;/h19H,4-12H2,1-3H3,(H,16,17);1H. The Morgan fingerprint density at radius 2 is 1.95 bits per heavy atom. The largest absolute Gasteiger partial charge is 0.388 e. The van der Waals surface area contributed by atoms with Crippen molar-refractivity contribution in [3.05, 3.63) is 0 Å². The Bertz CT molecular complexity index is 355. The van der Waals surface area contributed by atoms with Crippen LogP contribution in [0.1, 0.15) is 40.0 Å². The zero-order chi connectivity index (χ0) is 14.6. The van der Waals surface area contributed by atoms with E-state index in [1.807, 2.05) is 0 Å². The van der Waals surface area contributed by atoms with E-state index in [-0.39, 0.29) is 24.0 Å². The zero-order valence-electron chi connectivity index (χ0n) is 13.5. The van der Waals surface area contributed by atoms with Gasteiger partial charge in [0.15, 0.2) is 5.96 Å². The van der Waals surface area contributed by atoms with Crippen LogP contribution < -0.4 is 5.32 Å². The van der Waals surface area contributed by atoms with Crippen LogP contribution in [-0.4, -0.2) is 61.0 Å². The first kappa shape index (κ1) is 19.0. The average molecular weight is 411 g/mol. The SMILES string of the molecule is CCNC(=NCC1(O)CCOCC1)N1CCC(C)(C)C1.I. The Morgan fingerprint density at radius 1 is 1.29 bits per heavy atom. The molecule has 2 aliphatic rings. The van der Waals surface area contributed by atoms with Crippen molar-refractivity contribution in [2.45, 2.75) is 45.6 Å². The van der Waals surface area contributed by atoms with Crippen LogP contribution in [0.2, 0.25) is 0 Å². The lowest BCUT2D eigenvalue weighted by Gasteiger charge is -2.31. The summed E-state index contributed by atoms with van der Waals surface area (Å²) in [4.78, 5) is 6.99. The van der Waals surface area contributed by atoms with Crippen molar-refractivity contribution in [3.63, 3.8) is 0 Å². The van der Waals surface area contributed by atoms with Gasteiger partial charge in [0.25, 0.3) is 0 Å². The lowest BCUT2D eigenvalue weighted by atomic mass is 9.93. The molecule has 0 saturated carbocycles. The molecule has 2 rings (SSSR count). The smallest absolute Gasteiger partial charge is 0.194 e. The van der Waals surface area contributed by atoms with Gasteiger partial charge in [-0.3, -0.25) is 4.99 Å². The first-order chi connectivity index (χ1) is 9.44. The summed E-state index contributed by atoms with van der Waals surface area (Å²) in [6.07, 6.45) is 2.55. The van der Waals surface area contributed by atoms with Crippen LogP contribution in [-0.2, 0) is 4.74 Å². The van der Waals surface area contributed by atoms with Gasteiger partial charge >= 0.3 is 0 Å². The number of halogens is 1. The molecule has 2 saturated heterocycles. The molecule has 0 amide bonds. The second-order valence-electron chi connectivity index (χ2n) is 6.84. The molecular formula is C15H30IN3O2. The number of likely N-dealkylation sites (tertiary alicyclic amines) is 1. The summed E-state index contributed by atoms with van der Waals surface area (Å²) in [7, 11) is 0. The summed E-state index contributed by atoms with van der Waals surface area (Å²) in [6, 6.07) is 0. The topological polar surface area (TPSA) is 57.1 Å². The third kappa shape index (κ3) is 5.56. The number of nitrogens with one attached hydrogen (secondary N) is 1. The van der Waals surface area contributed by atoms with Crippen molar-refractivity contribution in [2.24, 2.45) is 10.4 Å². The van der Waals surface area contributed by atoms with Gasteiger partial charge in [0.2, 0.25) is 0 Å². The number of rotatable bonds is 3. The molecule has 5 nitrogen and oxygen atoms in total. The van der Waals surface area contributed by atoms with Gasteiger partial charge in [-0.15, -0.1) is 24.0 Å². The van der Waals surface area contributed by atoms with Gasteiger partial charge in [-0.1, -0.05) is 13.8 Å². The summed E-state index contributed by atoms with van der Waals surface area (Å²) in [5, 5.41) is 13.9. The molecule has 2 heterocycles. The Balaban J connectivity index is 0.00000220. The number of aliphatic imine (C=N–C) groups is 1. The predicted molar refractivity (Wildman–Crippen MR) is 96.4 cm³/mol. The Kier molecular flexibility index (Phi) is 7.19. The second kappa shape index (κ2) is 7.97. The van der Waals surface area contributed by atoms with E-state index in [4.69, 9.17) is 4.74 Å². The van der Waals surface area contributed by atoms with Crippen LogP contribution >= 0.6 is 24.0 Å². The fourth-order valence-corrected chi connectivity index (χ4v) is 2.85. The van der Waals surface area contributed by atoms with Crippen molar-refractivity contribution < 1.29 is 9.84 Å². The molecule has 0 aromatic rings. The van der Waals surface area contributed by atoms with E-state index >= 15 is 0 Å². The maximum atomic E-state index is 10.5. The van der Waals surface area contributed by atoms with Crippen LogP contribution in [0.5, 0.6) is 0 Å². The van der Waals surface area contributed by atoms with E-state index < -0.39 is 5.60 Å². The van der Waals surface area contributed by atoms with Crippen LogP contribution in [0.25, 0.3) is 0 Å². The quantitative estimate of drug-likeness (QED) is 0.423. The number of ether oxygens (including phenoxy) is 1. The molecule has 0 aromatic carbocycles. The molecular weight excluding hydrogens is 381 g/mol. The number of guanidine groups is 1. The highest BCUT2D eigenvalue weighted by Crippen LogP contribution is 2.29. The summed E-state index contributed by atoms with van der Waals surface area (Å²) in [6.45, 7) is 11.3. The van der Waals surface area contributed by atoms with Crippen LogP contribution in [0.15, 0.2) is 4.99 Å². The first-order valence-electron chi connectivity index (χ1n) is 7.78. The monoisotopic (exact) mass is 411 g/mol. The van der Waals surface area contributed by atoms with Crippen molar-refractivity contribution in [3.8, 4) is 0 Å². The van der Waals surface area contributed by atoms with Crippen LogP contribution in [0.4, 0.5) is 0 Å².